The number of hydrogen-bond acceptors (Lipinski definition) is 2. The number of amides is 2. The highest BCUT2D eigenvalue weighted by Gasteiger charge is 2.31. The van der Waals surface area contributed by atoms with Gasteiger partial charge in [-0.25, -0.2) is 9.59 Å². The monoisotopic (exact) mass is 268 g/mol. The number of urea groups is 1. The molecule has 1 fully saturated rings. The first-order chi connectivity index (χ1) is 8.91. The summed E-state index contributed by atoms with van der Waals surface area (Å²) in [5, 5.41) is 11.5. The molecule has 1 unspecified atom stereocenters. The first kappa shape index (κ1) is 15.5. The predicted molar refractivity (Wildman–Crippen MR) is 74.0 cm³/mol. The van der Waals surface area contributed by atoms with Crippen molar-refractivity contribution in [2.24, 2.45) is 5.41 Å². The molecule has 108 valence electrons. The molecule has 5 heteroatoms. The molecule has 0 aromatic rings. The quantitative estimate of drug-likeness (QED) is 0.751. The summed E-state index contributed by atoms with van der Waals surface area (Å²) in [5.74, 6) is -1.02. The van der Waals surface area contributed by atoms with Crippen LogP contribution >= 0.6 is 0 Å². The van der Waals surface area contributed by atoms with E-state index in [4.69, 9.17) is 5.11 Å². The van der Waals surface area contributed by atoms with Gasteiger partial charge in [0.05, 0.1) is 0 Å². The SMILES string of the molecule is C=CCC(NC(=O)N1CCC(C)(CC)CC1)C(=O)O. The lowest BCUT2D eigenvalue weighted by Gasteiger charge is -2.39. The standard InChI is InChI=1S/C14H24N2O3/c1-4-6-11(12(17)18)15-13(19)16-9-7-14(3,5-2)8-10-16/h4,11H,1,5-10H2,2-3H3,(H,15,19)(H,17,18). The van der Waals surface area contributed by atoms with E-state index in [-0.39, 0.29) is 12.5 Å². The normalized spacial score (nSPS) is 19.6. The van der Waals surface area contributed by atoms with Gasteiger partial charge in [0.25, 0.3) is 0 Å². The van der Waals surface area contributed by atoms with Crippen molar-refractivity contribution in [3.63, 3.8) is 0 Å². The minimum Gasteiger partial charge on any atom is -0.480 e. The van der Waals surface area contributed by atoms with Crippen molar-refractivity contribution in [2.75, 3.05) is 13.1 Å². The molecule has 0 bridgehead atoms. The molecule has 5 nitrogen and oxygen atoms in total. The summed E-state index contributed by atoms with van der Waals surface area (Å²) in [6.07, 6.45) is 4.79. The highest BCUT2D eigenvalue weighted by Crippen LogP contribution is 2.33. The molecule has 0 saturated carbocycles. The zero-order chi connectivity index (χ0) is 14.5. The van der Waals surface area contributed by atoms with E-state index in [0.717, 1.165) is 19.3 Å². The molecule has 1 aliphatic rings. The molecule has 1 atom stereocenters. The number of nitrogens with zero attached hydrogens (tertiary/aromatic N) is 1. The Kier molecular flexibility index (Phi) is 5.39. The van der Waals surface area contributed by atoms with E-state index in [1.54, 1.807) is 4.90 Å². The third-order valence-electron chi connectivity index (χ3n) is 4.11. The van der Waals surface area contributed by atoms with Crippen molar-refractivity contribution in [3.05, 3.63) is 12.7 Å². The van der Waals surface area contributed by atoms with Gasteiger partial charge in [0.15, 0.2) is 0 Å². The fourth-order valence-corrected chi connectivity index (χ4v) is 2.23. The Morgan fingerprint density at radius 3 is 2.47 bits per heavy atom. The molecule has 1 rings (SSSR count). The number of aliphatic carboxylic acids is 1. The van der Waals surface area contributed by atoms with E-state index < -0.39 is 12.0 Å². The van der Waals surface area contributed by atoms with Gasteiger partial charge in [0.2, 0.25) is 0 Å². The number of piperidine rings is 1. The van der Waals surface area contributed by atoms with E-state index in [2.05, 4.69) is 25.7 Å². The lowest BCUT2D eigenvalue weighted by molar-refractivity contribution is -0.139. The number of carbonyl (C=O) groups excluding carboxylic acids is 1. The van der Waals surface area contributed by atoms with E-state index >= 15 is 0 Å². The largest absolute Gasteiger partial charge is 0.480 e. The molecule has 2 amide bonds. The van der Waals surface area contributed by atoms with Gasteiger partial charge in [-0.2, -0.15) is 0 Å². The highest BCUT2D eigenvalue weighted by molar-refractivity contribution is 5.82. The summed E-state index contributed by atoms with van der Waals surface area (Å²) in [5.41, 5.74) is 0.310. The molecule has 2 N–H and O–H groups in total. The third-order valence-corrected chi connectivity index (χ3v) is 4.11. The molecule has 0 radical (unpaired) electrons. The van der Waals surface area contributed by atoms with Crippen molar-refractivity contribution < 1.29 is 14.7 Å². The summed E-state index contributed by atoms with van der Waals surface area (Å²) in [6.45, 7) is 9.29. The van der Waals surface area contributed by atoms with Crippen LogP contribution in [0, 0.1) is 5.41 Å². The van der Waals surface area contributed by atoms with Gasteiger partial charge in [-0.05, 0) is 24.7 Å². The van der Waals surface area contributed by atoms with Crippen LogP contribution in [0.4, 0.5) is 4.79 Å². The molecule has 19 heavy (non-hydrogen) atoms. The number of likely N-dealkylation sites (tertiary alicyclic amines) is 1. The fourth-order valence-electron chi connectivity index (χ4n) is 2.23. The van der Waals surface area contributed by atoms with Crippen LogP contribution in [-0.4, -0.2) is 41.1 Å². The first-order valence-corrected chi connectivity index (χ1v) is 6.81. The summed E-state index contributed by atoms with van der Waals surface area (Å²) < 4.78 is 0. The number of rotatable bonds is 5. The first-order valence-electron chi connectivity index (χ1n) is 6.81. The van der Waals surface area contributed by atoms with Crippen molar-refractivity contribution >= 4 is 12.0 Å². The topological polar surface area (TPSA) is 69.6 Å². The fraction of sp³-hybridized carbons (Fsp3) is 0.714. The zero-order valence-corrected chi connectivity index (χ0v) is 11.8. The van der Waals surface area contributed by atoms with E-state index in [0.29, 0.717) is 18.5 Å². The number of carboxylic acid groups (broad SMARTS) is 1. The Morgan fingerprint density at radius 2 is 2.05 bits per heavy atom. The van der Waals surface area contributed by atoms with Gasteiger partial charge in [-0.15, -0.1) is 6.58 Å². The lowest BCUT2D eigenvalue weighted by atomic mass is 9.78. The molecular formula is C14H24N2O3. The van der Waals surface area contributed by atoms with Gasteiger partial charge in [0.1, 0.15) is 6.04 Å². The van der Waals surface area contributed by atoms with Crippen LogP contribution in [0.3, 0.4) is 0 Å². The van der Waals surface area contributed by atoms with Crippen molar-refractivity contribution in [1.82, 2.24) is 10.2 Å². The second kappa shape index (κ2) is 6.59. The Labute approximate surface area is 114 Å². The Bertz CT molecular complexity index is 347. The van der Waals surface area contributed by atoms with Crippen LogP contribution in [-0.2, 0) is 4.79 Å². The Balaban J connectivity index is 2.51. The number of carbonyl (C=O) groups is 2. The smallest absolute Gasteiger partial charge is 0.326 e. The Hall–Kier alpha value is -1.52. The van der Waals surface area contributed by atoms with Crippen LogP contribution in [0.15, 0.2) is 12.7 Å². The molecule has 0 aromatic carbocycles. The van der Waals surface area contributed by atoms with Crippen LogP contribution < -0.4 is 5.32 Å². The van der Waals surface area contributed by atoms with Gasteiger partial charge >= 0.3 is 12.0 Å². The minimum absolute atomic E-state index is 0.238. The molecular weight excluding hydrogens is 244 g/mol. The average molecular weight is 268 g/mol. The second-order valence-electron chi connectivity index (χ2n) is 5.52. The van der Waals surface area contributed by atoms with Crippen LogP contribution in [0.25, 0.3) is 0 Å². The highest BCUT2D eigenvalue weighted by atomic mass is 16.4. The zero-order valence-electron chi connectivity index (χ0n) is 11.8. The Morgan fingerprint density at radius 1 is 1.47 bits per heavy atom. The molecule has 0 aromatic heterocycles. The maximum absolute atomic E-state index is 12.0. The minimum atomic E-state index is -1.02. The van der Waals surface area contributed by atoms with E-state index in [9.17, 15) is 9.59 Å². The van der Waals surface area contributed by atoms with Crippen LogP contribution in [0.5, 0.6) is 0 Å². The predicted octanol–water partition coefficient (Wildman–Crippen LogP) is 2.24. The van der Waals surface area contributed by atoms with E-state index in [1.165, 1.54) is 6.08 Å². The summed E-state index contributed by atoms with van der Waals surface area (Å²) in [4.78, 5) is 24.7. The van der Waals surface area contributed by atoms with Gasteiger partial charge in [-0.3, -0.25) is 0 Å². The maximum Gasteiger partial charge on any atom is 0.326 e. The van der Waals surface area contributed by atoms with Crippen LogP contribution in [0.2, 0.25) is 0 Å². The summed E-state index contributed by atoms with van der Waals surface area (Å²) in [6, 6.07) is -1.17. The van der Waals surface area contributed by atoms with Gasteiger partial charge in [0, 0.05) is 13.1 Å². The number of nitrogens with one attached hydrogen (secondary N) is 1. The third kappa shape index (κ3) is 4.26. The molecule has 1 heterocycles. The summed E-state index contributed by atoms with van der Waals surface area (Å²) >= 11 is 0. The average Bonchev–Trinajstić information content (AvgIpc) is 2.38. The maximum atomic E-state index is 12.0. The number of hydrogen-bond donors (Lipinski definition) is 2. The molecule has 1 aliphatic heterocycles. The molecule has 0 spiro atoms. The van der Waals surface area contributed by atoms with Crippen molar-refractivity contribution in [2.45, 2.75) is 45.6 Å². The molecule has 1 saturated heterocycles. The second-order valence-corrected chi connectivity index (χ2v) is 5.52. The lowest BCUT2D eigenvalue weighted by Crippen LogP contribution is -2.51. The van der Waals surface area contributed by atoms with E-state index in [1.807, 2.05) is 0 Å². The van der Waals surface area contributed by atoms with Gasteiger partial charge < -0.3 is 15.3 Å². The van der Waals surface area contributed by atoms with Crippen molar-refractivity contribution in [1.29, 1.82) is 0 Å². The molecule has 0 aliphatic carbocycles. The van der Waals surface area contributed by atoms with Gasteiger partial charge in [-0.1, -0.05) is 26.3 Å². The van der Waals surface area contributed by atoms with Crippen LogP contribution in [0.1, 0.15) is 39.5 Å². The van der Waals surface area contributed by atoms with Crippen molar-refractivity contribution in [3.8, 4) is 0 Å². The summed E-state index contributed by atoms with van der Waals surface area (Å²) in [7, 11) is 0. The number of carboxylic acids is 1.